The molecule has 8 heteroatoms. The summed E-state index contributed by atoms with van der Waals surface area (Å²) in [7, 11) is 0. The highest BCUT2D eigenvalue weighted by Gasteiger charge is 2.16. The summed E-state index contributed by atoms with van der Waals surface area (Å²) in [6.07, 6.45) is 5.31. The highest BCUT2D eigenvalue weighted by molar-refractivity contribution is 8.00. The number of anilines is 1. The van der Waals surface area contributed by atoms with E-state index >= 15 is 0 Å². The molecule has 0 aliphatic heterocycles. The van der Waals surface area contributed by atoms with Crippen molar-refractivity contribution in [2.45, 2.75) is 23.6 Å². The molecule has 0 fully saturated rings. The standard InChI is InChI=1S/C19H18N4O3S/c1-14(27-17-8-6-16(7-9-17)23(25)26)19(24)21-18-5-3-2-4-15(18)12-22-11-10-20-13-22/h2-11,13-14H,12H2,1H3,(H,21,24). The minimum absolute atomic E-state index is 0.0323. The Morgan fingerprint density at radius 2 is 2.00 bits per heavy atom. The Hall–Kier alpha value is -3.13. The smallest absolute Gasteiger partial charge is 0.269 e. The van der Waals surface area contributed by atoms with Gasteiger partial charge < -0.3 is 9.88 Å². The van der Waals surface area contributed by atoms with E-state index in [1.165, 1.54) is 23.9 Å². The van der Waals surface area contributed by atoms with Crippen molar-refractivity contribution >= 4 is 29.0 Å². The average molecular weight is 382 g/mol. The predicted octanol–water partition coefficient (Wildman–Crippen LogP) is 3.96. The van der Waals surface area contributed by atoms with Crippen molar-refractivity contribution in [2.75, 3.05) is 5.32 Å². The molecule has 1 unspecified atom stereocenters. The fraction of sp³-hybridized carbons (Fsp3) is 0.158. The lowest BCUT2D eigenvalue weighted by Crippen LogP contribution is -2.23. The van der Waals surface area contributed by atoms with Gasteiger partial charge in [0.05, 0.1) is 23.0 Å². The van der Waals surface area contributed by atoms with Crippen LogP contribution in [0, 0.1) is 10.1 Å². The quantitative estimate of drug-likeness (QED) is 0.379. The van der Waals surface area contributed by atoms with Crippen LogP contribution in [-0.2, 0) is 11.3 Å². The van der Waals surface area contributed by atoms with Crippen LogP contribution < -0.4 is 5.32 Å². The van der Waals surface area contributed by atoms with Crippen molar-refractivity contribution in [2.24, 2.45) is 0 Å². The molecule has 138 valence electrons. The molecule has 0 bridgehead atoms. The number of hydrogen-bond donors (Lipinski definition) is 1. The van der Waals surface area contributed by atoms with Crippen molar-refractivity contribution in [1.82, 2.24) is 9.55 Å². The van der Waals surface area contributed by atoms with E-state index in [1.807, 2.05) is 35.0 Å². The van der Waals surface area contributed by atoms with Gasteiger partial charge in [-0.15, -0.1) is 11.8 Å². The molecule has 0 spiro atoms. The average Bonchev–Trinajstić information content (AvgIpc) is 3.17. The second-order valence-electron chi connectivity index (χ2n) is 5.89. The number of hydrogen-bond acceptors (Lipinski definition) is 5. The molecule has 1 amide bonds. The Morgan fingerprint density at radius 3 is 2.67 bits per heavy atom. The maximum Gasteiger partial charge on any atom is 0.269 e. The largest absolute Gasteiger partial charge is 0.333 e. The van der Waals surface area contributed by atoms with Gasteiger partial charge in [-0.2, -0.15) is 0 Å². The Labute approximate surface area is 160 Å². The first-order chi connectivity index (χ1) is 13.0. The SMILES string of the molecule is CC(Sc1ccc([N+](=O)[O-])cc1)C(=O)Nc1ccccc1Cn1ccnc1. The molecule has 1 atom stereocenters. The number of carbonyl (C=O) groups excluding carboxylic acids is 1. The lowest BCUT2D eigenvalue weighted by Gasteiger charge is -2.15. The molecule has 1 N–H and O–H groups in total. The molecule has 0 saturated carbocycles. The zero-order chi connectivity index (χ0) is 19.2. The van der Waals surface area contributed by atoms with Crippen molar-refractivity contribution in [3.63, 3.8) is 0 Å². The molecule has 0 aliphatic rings. The van der Waals surface area contributed by atoms with Gasteiger partial charge in [0.1, 0.15) is 0 Å². The number of nitro groups is 1. The lowest BCUT2D eigenvalue weighted by atomic mass is 10.1. The van der Waals surface area contributed by atoms with E-state index < -0.39 is 4.92 Å². The van der Waals surface area contributed by atoms with E-state index in [9.17, 15) is 14.9 Å². The molecule has 3 rings (SSSR count). The van der Waals surface area contributed by atoms with Crippen LogP contribution in [0.15, 0.2) is 72.1 Å². The minimum atomic E-state index is -0.443. The van der Waals surface area contributed by atoms with Gasteiger partial charge in [0.15, 0.2) is 0 Å². The number of carbonyl (C=O) groups is 1. The Kier molecular flexibility index (Phi) is 5.87. The van der Waals surface area contributed by atoms with Crippen LogP contribution in [-0.4, -0.2) is 25.6 Å². The highest BCUT2D eigenvalue weighted by atomic mass is 32.2. The summed E-state index contributed by atoms with van der Waals surface area (Å²) < 4.78 is 1.93. The zero-order valence-corrected chi connectivity index (χ0v) is 15.4. The van der Waals surface area contributed by atoms with Gasteiger partial charge in [-0.05, 0) is 30.7 Å². The second kappa shape index (κ2) is 8.50. The van der Waals surface area contributed by atoms with E-state index in [2.05, 4.69) is 10.3 Å². The predicted molar refractivity (Wildman–Crippen MR) is 105 cm³/mol. The molecule has 1 heterocycles. The monoisotopic (exact) mass is 382 g/mol. The fourth-order valence-corrected chi connectivity index (χ4v) is 3.36. The number of aromatic nitrogens is 2. The van der Waals surface area contributed by atoms with Gasteiger partial charge in [0, 0.05) is 35.1 Å². The molecule has 27 heavy (non-hydrogen) atoms. The first-order valence-electron chi connectivity index (χ1n) is 8.28. The number of nitro benzene ring substituents is 1. The minimum Gasteiger partial charge on any atom is -0.333 e. The molecule has 0 aliphatic carbocycles. The van der Waals surface area contributed by atoms with Gasteiger partial charge in [-0.25, -0.2) is 4.98 Å². The molecule has 0 saturated heterocycles. The molecule has 2 aromatic carbocycles. The molecule has 7 nitrogen and oxygen atoms in total. The summed E-state index contributed by atoms with van der Waals surface area (Å²) in [6, 6.07) is 13.8. The maximum absolute atomic E-state index is 12.6. The topological polar surface area (TPSA) is 90.1 Å². The first-order valence-corrected chi connectivity index (χ1v) is 9.16. The van der Waals surface area contributed by atoms with Crippen molar-refractivity contribution in [1.29, 1.82) is 0 Å². The van der Waals surface area contributed by atoms with Gasteiger partial charge >= 0.3 is 0 Å². The Morgan fingerprint density at radius 1 is 1.26 bits per heavy atom. The molecule has 0 radical (unpaired) electrons. The van der Waals surface area contributed by atoms with E-state index in [0.29, 0.717) is 6.54 Å². The van der Waals surface area contributed by atoms with Gasteiger partial charge in [0.2, 0.25) is 5.91 Å². The molecule has 3 aromatic rings. The summed E-state index contributed by atoms with van der Waals surface area (Å²) in [5.41, 5.74) is 1.77. The van der Waals surface area contributed by atoms with Gasteiger partial charge in [0.25, 0.3) is 5.69 Å². The van der Waals surface area contributed by atoms with E-state index in [-0.39, 0.29) is 16.8 Å². The number of rotatable bonds is 7. The molecular weight excluding hydrogens is 364 g/mol. The number of para-hydroxylation sites is 1. The summed E-state index contributed by atoms with van der Waals surface area (Å²) in [5.74, 6) is -0.128. The molecule has 1 aromatic heterocycles. The maximum atomic E-state index is 12.6. The number of nitrogens with zero attached hydrogens (tertiary/aromatic N) is 3. The third-order valence-electron chi connectivity index (χ3n) is 3.92. The lowest BCUT2D eigenvalue weighted by molar-refractivity contribution is -0.384. The van der Waals surface area contributed by atoms with Crippen molar-refractivity contribution in [3.05, 3.63) is 82.9 Å². The number of nitrogens with one attached hydrogen (secondary N) is 1. The summed E-state index contributed by atoms with van der Waals surface area (Å²) in [4.78, 5) is 27.7. The normalized spacial score (nSPS) is 11.7. The van der Waals surface area contributed by atoms with Gasteiger partial charge in [-0.1, -0.05) is 18.2 Å². The van der Waals surface area contributed by atoms with E-state index in [0.717, 1.165) is 16.1 Å². The van der Waals surface area contributed by atoms with E-state index in [1.54, 1.807) is 31.6 Å². The van der Waals surface area contributed by atoms with Crippen LogP contribution in [0.5, 0.6) is 0 Å². The Balaban J connectivity index is 1.65. The molecular formula is C19H18N4O3S. The summed E-state index contributed by atoms with van der Waals surface area (Å²) >= 11 is 1.35. The zero-order valence-electron chi connectivity index (χ0n) is 14.6. The summed E-state index contributed by atoms with van der Waals surface area (Å²) in [6.45, 7) is 2.42. The van der Waals surface area contributed by atoms with Gasteiger partial charge in [-0.3, -0.25) is 14.9 Å². The van der Waals surface area contributed by atoms with Crippen LogP contribution in [0.25, 0.3) is 0 Å². The third-order valence-corrected chi connectivity index (χ3v) is 5.03. The number of imidazole rings is 1. The van der Waals surface area contributed by atoms with Crippen molar-refractivity contribution in [3.8, 4) is 0 Å². The third kappa shape index (κ3) is 4.95. The van der Waals surface area contributed by atoms with Crippen LogP contribution in [0.3, 0.4) is 0 Å². The van der Waals surface area contributed by atoms with Crippen LogP contribution in [0.2, 0.25) is 0 Å². The second-order valence-corrected chi connectivity index (χ2v) is 7.31. The summed E-state index contributed by atoms with van der Waals surface area (Å²) in [5, 5.41) is 13.3. The number of amides is 1. The van der Waals surface area contributed by atoms with Crippen LogP contribution >= 0.6 is 11.8 Å². The first kappa shape index (κ1) is 18.7. The van der Waals surface area contributed by atoms with Crippen LogP contribution in [0.1, 0.15) is 12.5 Å². The van der Waals surface area contributed by atoms with Crippen LogP contribution in [0.4, 0.5) is 11.4 Å². The number of thioether (sulfide) groups is 1. The Bertz CT molecular complexity index is 926. The number of benzene rings is 2. The fourth-order valence-electron chi connectivity index (χ4n) is 2.50. The number of non-ortho nitro benzene ring substituents is 1. The van der Waals surface area contributed by atoms with Crippen molar-refractivity contribution < 1.29 is 9.72 Å². The highest BCUT2D eigenvalue weighted by Crippen LogP contribution is 2.26. The van der Waals surface area contributed by atoms with E-state index in [4.69, 9.17) is 0 Å².